The molecule has 0 saturated carbocycles. The van der Waals surface area contributed by atoms with Crippen LogP contribution in [0.15, 0.2) is 164 Å². The first-order valence-corrected chi connectivity index (χ1v) is 19.1. The van der Waals surface area contributed by atoms with Crippen molar-refractivity contribution in [1.29, 1.82) is 0 Å². The summed E-state index contributed by atoms with van der Waals surface area (Å²) in [5, 5.41) is 0. The quantitative estimate of drug-likeness (QED) is 0.169. The molecule has 0 aliphatic heterocycles. The monoisotopic (exact) mass is 732 g/mol. The van der Waals surface area contributed by atoms with Crippen LogP contribution in [0.25, 0.3) is 101 Å². The van der Waals surface area contributed by atoms with Gasteiger partial charge in [-0.05, 0) is 92.1 Å². The van der Waals surface area contributed by atoms with Gasteiger partial charge in [-0.1, -0.05) is 109 Å². The van der Waals surface area contributed by atoms with E-state index in [9.17, 15) is 0 Å². The van der Waals surface area contributed by atoms with Crippen molar-refractivity contribution >= 4 is 33.1 Å². The summed E-state index contributed by atoms with van der Waals surface area (Å²) in [5.41, 5.74) is 18.6. The van der Waals surface area contributed by atoms with Gasteiger partial charge in [0.1, 0.15) is 0 Å². The molecule has 6 heteroatoms. The topological polar surface area (TPSA) is 77.3 Å². The second-order valence-corrected chi connectivity index (χ2v) is 14.6. The number of aromatic nitrogens is 6. The number of fused-ring (bicyclic) bond motifs is 3. The van der Waals surface area contributed by atoms with E-state index < -0.39 is 0 Å². The second-order valence-electron chi connectivity index (χ2n) is 14.6. The smallest absolute Gasteiger partial charge is 0.0973 e. The highest BCUT2D eigenvalue weighted by Gasteiger charge is 2.22. The van der Waals surface area contributed by atoms with E-state index in [2.05, 4.69) is 130 Å². The minimum atomic E-state index is 0.761. The summed E-state index contributed by atoms with van der Waals surface area (Å²) in [5.74, 6) is 0. The average molecular weight is 733 g/mol. The van der Waals surface area contributed by atoms with Gasteiger partial charge in [-0.2, -0.15) is 0 Å². The van der Waals surface area contributed by atoms with E-state index in [1.54, 1.807) is 0 Å². The molecule has 3 heterocycles. The molecule has 270 valence electrons. The van der Waals surface area contributed by atoms with E-state index in [1.165, 1.54) is 0 Å². The van der Waals surface area contributed by atoms with Crippen LogP contribution in [0.3, 0.4) is 0 Å². The van der Waals surface area contributed by atoms with Crippen molar-refractivity contribution < 1.29 is 0 Å². The number of hydrogen-bond donors (Lipinski definition) is 0. The van der Waals surface area contributed by atoms with Gasteiger partial charge in [0.05, 0.1) is 67.3 Å². The molecule has 3 aromatic heterocycles. The molecular weight excluding hydrogens is 697 g/mol. The summed E-state index contributed by atoms with van der Waals surface area (Å²) < 4.78 is 0. The fourth-order valence-electron chi connectivity index (χ4n) is 7.53. The maximum atomic E-state index is 5.38. The summed E-state index contributed by atoms with van der Waals surface area (Å²) in [6.07, 6.45) is 0. The molecule has 0 spiro atoms. The lowest BCUT2D eigenvalue weighted by molar-refractivity contribution is 1.26. The molecule has 0 atom stereocenters. The Morgan fingerprint density at radius 1 is 0.228 bits per heavy atom. The minimum absolute atomic E-state index is 0.761. The van der Waals surface area contributed by atoms with Gasteiger partial charge in [-0.3, -0.25) is 0 Å². The average Bonchev–Trinajstić information content (AvgIpc) is 3.25. The van der Waals surface area contributed by atoms with Crippen molar-refractivity contribution in [2.45, 2.75) is 20.8 Å². The van der Waals surface area contributed by atoms with Crippen LogP contribution in [0.5, 0.6) is 0 Å². The number of hydrogen-bond acceptors (Lipinski definition) is 6. The van der Waals surface area contributed by atoms with E-state index >= 15 is 0 Å². The summed E-state index contributed by atoms with van der Waals surface area (Å²) in [6, 6.07) is 56.1. The molecular formula is C51H36N6. The summed E-state index contributed by atoms with van der Waals surface area (Å²) in [6.45, 7) is 6.25. The molecule has 0 saturated heterocycles. The molecule has 0 bridgehead atoms. The molecule has 0 radical (unpaired) electrons. The van der Waals surface area contributed by atoms with Crippen LogP contribution in [0, 0.1) is 20.8 Å². The van der Waals surface area contributed by atoms with Gasteiger partial charge >= 0.3 is 0 Å². The maximum absolute atomic E-state index is 5.38. The molecule has 7 aromatic carbocycles. The van der Waals surface area contributed by atoms with Crippen LogP contribution in [-0.4, -0.2) is 29.9 Å². The van der Waals surface area contributed by atoms with Crippen molar-refractivity contribution in [3.05, 3.63) is 180 Å². The fraction of sp³-hybridized carbons (Fsp3) is 0.0588. The van der Waals surface area contributed by atoms with Crippen LogP contribution in [0.2, 0.25) is 0 Å². The van der Waals surface area contributed by atoms with Crippen LogP contribution in [0.4, 0.5) is 0 Å². The van der Waals surface area contributed by atoms with E-state index in [0.717, 1.165) is 117 Å². The highest BCUT2D eigenvalue weighted by molar-refractivity contribution is 5.94. The minimum Gasteiger partial charge on any atom is -0.244 e. The Hall–Kier alpha value is -7.44. The van der Waals surface area contributed by atoms with Gasteiger partial charge in [0.15, 0.2) is 0 Å². The Kier molecular flexibility index (Phi) is 8.37. The van der Waals surface area contributed by atoms with E-state index in [0.29, 0.717) is 0 Å². The first-order chi connectivity index (χ1) is 27.9. The molecule has 10 rings (SSSR count). The molecule has 6 nitrogen and oxygen atoms in total. The van der Waals surface area contributed by atoms with Gasteiger partial charge in [-0.25, -0.2) is 29.9 Å². The lowest BCUT2D eigenvalue weighted by Gasteiger charge is -2.17. The van der Waals surface area contributed by atoms with E-state index in [1.807, 2.05) is 54.6 Å². The van der Waals surface area contributed by atoms with E-state index in [4.69, 9.17) is 29.9 Å². The number of nitrogens with zero attached hydrogens (tertiary/aromatic N) is 6. The Bertz CT molecular complexity index is 2790. The Balaban J connectivity index is 1.32. The fourth-order valence-corrected chi connectivity index (χ4v) is 7.53. The van der Waals surface area contributed by atoms with Crippen LogP contribution >= 0.6 is 0 Å². The Morgan fingerprint density at radius 3 is 0.754 bits per heavy atom. The number of benzene rings is 7. The molecule has 0 amide bonds. The van der Waals surface area contributed by atoms with E-state index in [-0.39, 0.29) is 0 Å². The normalized spacial score (nSPS) is 11.4. The summed E-state index contributed by atoms with van der Waals surface area (Å²) in [7, 11) is 0. The molecule has 10 aromatic rings. The van der Waals surface area contributed by atoms with Gasteiger partial charge in [-0.15, -0.1) is 0 Å². The standard InChI is InChI=1S/C51H36N6/c1-31-19-22-40-43(25-31)55-46(34-13-7-4-8-14-34)49(52-40)37-28-38(50-47(35-15-9-5-10-16-35)56-44-26-32(2)20-23-41(44)53-50)30-39(29-37)51-48(36-17-11-6-12-18-36)57-45-27-33(3)21-24-42(45)54-51/h4-30H,1-3H3. The summed E-state index contributed by atoms with van der Waals surface area (Å²) >= 11 is 0. The van der Waals surface area contributed by atoms with Gasteiger partial charge in [0.25, 0.3) is 0 Å². The van der Waals surface area contributed by atoms with Gasteiger partial charge in [0.2, 0.25) is 0 Å². The highest BCUT2D eigenvalue weighted by atomic mass is 14.9. The number of rotatable bonds is 6. The maximum Gasteiger partial charge on any atom is 0.0973 e. The van der Waals surface area contributed by atoms with Crippen LogP contribution in [0.1, 0.15) is 16.7 Å². The van der Waals surface area contributed by atoms with Gasteiger partial charge in [0, 0.05) is 33.4 Å². The lowest BCUT2D eigenvalue weighted by Crippen LogP contribution is -2.00. The zero-order valence-electron chi connectivity index (χ0n) is 31.8. The third kappa shape index (κ3) is 6.47. The summed E-state index contributed by atoms with van der Waals surface area (Å²) in [4.78, 5) is 32.0. The lowest BCUT2D eigenvalue weighted by atomic mass is 9.93. The van der Waals surface area contributed by atoms with Crippen molar-refractivity contribution in [2.24, 2.45) is 0 Å². The molecule has 0 aliphatic rings. The second kappa shape index (κ2) is 14.0. The highest BCUT2D eigenvalue weighted by Crippen LogP contribution is 2.41. The van der Waals surface area contributed by atoms with Crippen molar-refractivity contribution in [2.75, 3.05) is 0 Å². The van der Waals surface area contributed by atoms with Gasteiger partial charge < -0.3 is 0 Å². The zero-order chi connectivity index (χ0) is 38.5. The van der Waals surface area contributed by atoms with Crippen molar-refractivity contribution in [3.63, 3.8) is 0 Å². The van der Waals surface area contributed by atoms with Crippen molar-refractivity contribution in [1.82, 2.24) is 29.9 Å². The SMILES string of the molecule is Cc1ccc2nc(-c3cc(-c4nc5ccc(C)cc5nc4-c4ccccc4)cc(-c4nc5ccc(C)cc5nc4-c4ccccc4)c3)c(-c3ccccc3)nc2c1. The van der Waals surface area contributed by atoms with Crippen molar-refractivity contribution in [3.8, 4) is 67.5 Å². The predicted octanol–water partition coefficient (Wildman–Crippen LogP) is 12.4. The molecule has 57 heavy (non-hydrogen) atoms. The predicted molar refractivity (Wildman–Crippen MR) is 233 cm³/mol. The molecule has 0 aliphatic carbocycles. The zero-order valence-corrected chi connectivity index (χ0v) is 31.8. The Morgan fingerprint density at radius 2 is 0.474 bits per heavy atom. The Labute approximate surface area is 330 Å². The first-order valence-electron chi connectivity index (χ1n) is 19.1. The third-order valence-corrected chi connectivity index (χ3v) is 10.4. The molecule has 0 unspecified atom stereocenters. The van der Waals surface area contributed by atoms with Crippen LogP contribution < -0.4 is 0 Å². The largest absolute Gasteiger partial charge is 0.244 e. The third-order valence-electron chi connectivity index (χ3n) is 10.4. The molecule has 0 N–H and O–H groups in total. The van der Waals surface area contributed by atoms with Crippen LogP contribution in [-0.2, 0) is 0 Å². The molecule has 0 fully saturated rings. The number of aryl methyl sites for hydroxylation is 3. The first kappa shape index (κ1) is 34.1.